The number of hydrogen-bond donors (Lipinski definition) is 2. The Kier molecular flexibility index (Phi) is 13.8. The number of halogens is 8. The van der Waals surface area contributed by atoms with Gasteiger partial charge in [0.15, 0.2) is 5.78 Å². The third-order valence-corrected chi connectivity index (χ3v) is 5.27. The van der Waals surface area contributed by atoms with Crippen molar-refractivity contribution in [2.45, 2.75) is 39.0 Å². The number of rotatable bonds is 6. The lowest BCUT2D eigenvalue weighted by atomic mass is 10.1. The van der Waals surface area contributed by atoms with Crippen LogP contribution in [0, 0.1) is 13.8 Å². The maximum atomic E-state index is 12.1. The first-order chi connectivity index (χ1) is 19.1. The molecular formula is C25H25Cl2F6N7O2. The predicted molar refractivity (Wildman–Crippen MR) is 136 cm³/mol. The van der Waals surface area contributed by atoms with Crippen LogP contribution in [0.15, 0.2) is 61.4 Å². The number of H-pyrrole nitrogens is 1. The summed E-state index contributed by atoms with van der Waals surface area (Å²) in [6, 6.07) is 7.15. The Morgan fingerprint density at radius 2 is 1.60 bits per heavy atom. The van der Waals surface area contributed by atoms with Crippen LogP contribution in [-0.4, -0.2) is 54.8 Å². The molecule has 0 aliphatic carbocycles. The van der Waals surface area contributed by atoms with Crippen LogP contribution in [0.25, 0.3) is 11.4 Å². The van der Waals surface area contributed by atoms with E-state index in [0.717, 1.165) is 11.4 Å². The molecule has 0 unspecified atom stereocenters. The first-order valence-electron chi connectivity index (χ1n) is 11.7. The summed E-state index contributed by atoms with van der Waals surface area (Å²) in [6.45, 7) is 2.16. The zero-order chi connectivity index (χ0) is 30.8. The SMILES string of the molecule is Cc1[nH][n+](-c2cccnc2)cc1C(=O)Cl.Cc1nn(-c2cccnc2)cc1C(=O)CCC(F)(F)F.NCC(F)(F)F.[Cl-]. The van der Waals surface area contributed by atoms with Crippen LogP contribution in [0.2, 0.25) is 0 Å². The largest absolute Gasteiger partial charge is 1.00 e. The van der Waals surface area contributed by atoms with Crippen molar-refractivity contribution in [3.63, 3.8) is 0 Å². The molecule has 4 aromatic rings. The molecule has 9 nitrogen and oxygen atoms in total. The molecule has 4 rings (SSSR count). The molecule has 0 bridgehead atoms. The molecule has 0 fully saturated rings. The van der Waals surface area contributed by atoms with Gasteiger partial charge < -0.3 is 18.1 Å². The van der Waals surface area contributed by atoms with Gasteiger partial charge in [-0.05, 0) is 43.6 Å². The molecule has 17 heteroatoms. The fourth-order valence-corrected chi connectivity index (χ4v) is 3.27. The molecular weight excluding hydrogens is 615 g/mol. The molecule has 0 atom stereocenters. The van der Waals surface area contributed by atoms with Crippen LogP contribution in [-0.2, 0) is 0 Å². The molecule has 42 heavy (non-hydrogen) atoms. The zero-order valence-corrected chi connectivity index (χ0v) is 23.6. The summed E-state index contributed by atoms with van der Waals surface area (Å²) < 4.78 is 71.5. The van der Waals surface area contributed by atoms with E-state index >= 15 is 0 Å². The monoisotopic (exact) mass is 639 g/mol. The van der Waals surface area contributed by atoms with E-state index in [1.54, 1.807) is 61.6 Å². The summed E-state index contributed by atoms with van der Waals surface area (Å²) >= 11 is 5.42. The number of ketones is 1. The minimum absolute atomic E-state index is 0. The molecule has 0 amide bonds. The number of nitrogens with zero attached hydrogens (tertiary/aromatic N) is 5. The van der Waals surface area contributed by atoms with Gasteiger partial charge in [-0.1, -0.05) is 4.68 Å². The second-order valence-corrected chi connectivity index (χ2v) is 8.62. The third kappa shape index (κ3) is 12.0. The van der Waals surface area contributed by atoms with Crippen LogP contribution in [0.5, 0.6) is 0 Å². The van der Waals surface area contributed by atoms with Crippen molar-refractivity contribution in [3.05, 3.63) is 84.0 Å². The summed E-state index contributed by atoms with van der Waals surface area (Å²) in [5.41, 5.74) is 7.49. The van der Waals surface area contributed by atoms with Gasteiger partial charge in [-0.25, -0.2) is 4.68 Å². The molecule has 0 aliphatic heterocycles. The van der Waals surface area contributed by atoms with E-state index in [4.69, 9.17) is 11.6 Å². The van der Waals surface area contributed by atoms with Crippen molar-refractivity contribution in [2.75, 3.05) is 6.54 Å². The molecule has 0 aliphatic rings. The molecule has 0 radical (unpaired) electrons. The molecule has 0 saturated heterocycles. The highest BCUT2D eigenvalue weighted by molar-refractivity contribution is 6.67. The van der Waals surface area contributed by atoms with Gasteiger partial charge in [0, 0.05) is 31.1 Å². The number of Topliss-reactive ketones (excluding diaryl/α,β-unsaturated/α-hetero) is 1. The van der Waals surface area contributed by atoms with Gasteiger partial charge in [-0.2, -0.15) is 36.5 Å². The second-order valence-electron chi connectivity index (χ2n) is 8.28. The summed E-state index contributed by atoms with van der Waals surface area (Å²) in [5, 5.41) is 6.67. The number of carbonyl (C=O) groups excluding carboxylic acids is 2. The van der Waals surface area contributed by atoms with Crippen LogP contribution >= 0.6 is 11.6 Å². The Balaban J connectivity index is 0.000000354. The van der Waals surface area contributed by atoms with Gasteiger partial charge in [0.1, 0.15) is 11.8 Å². The number of alkyl halides is 6. The van der Waals surface area contributed by atoms with Crippen molar-refractivity contribution in [1.29, 1.82) is 0 Å². The Morgan fingerprint density at radius 3 is 2.05 bits per heavy atom. The lowest BCUT2D eigenvalue weighted by Gasteiger charge is -2.04. The van der Waals surface area contributed by atoms with E-state index in [1.807, 2.05) is 12.1 Å². The van der Waals surface area contributed by atoms with Gasteiger partial charge in [-0.15, -0.1) is 0 Å². The highest BCUT2D eigenvalue weighted by Gasteiger charge is 2.29. The van der Waals surface area contributed by atoms with E-state index in [2.05, 4.69) is 25.9 Å². The van der Waals surface area contributed by atoms with Gasteiger partial charge in [0.05, 0.1) is 41.8 Å². The number of nitrogens with one attached hydrogen (secondary N) is 1. The van der Waals surface area contributed by atoms with Gasteiger partial charge in [0.25, 0.3) is 10.9 Å². The summed E-state index contributed by atoms with van der Waals surface area (Å²) in [6.07, 6.45) is -0.584. The lowest BCUT2D eigenvalue weighted by Crippen LogP contribution is -3.00. The Hall–Kier alpha value is -3.82. The number of aryl methyl sites for hydroxylation is 2. The first-order valence-corrected chi connectivity index (χ1v) is 12.0. The van der Waals surface area contributed by atoms with Crippen molar-refractivity contribution in [2.24, 2.45) is 5.73 Å². The predicted octanol–water partition coefficient (Wildman–Crippen LogP) is 1.99. The van der Waals surface area contributed by atoms with E-state index in [1.165, 1.54) is 10.9 Å². The molecule has 0 saturated carbocycles. The van der Waals surface area contributed by atoms with Gasteiger partial charge in [-0.3, -0.25) is 19.6 Å². The lowest BCUT2D eigenvalue weighted by molar-refractivity contribution is -0.656. The number of pyridine rings is 2. The number of hydrogen-bond acceptors (Lipinski definition) is 6. The standard InChI is InChI=1S/C13H12F3N3O.C10H8ClN3O.C2H4F3N.ClH/c1-9-11(12(20)4-5-13(14,15)16)8-19(18-9)10-3-2-6-17-7-10;1-7-9(10(11)15)6-14(13-7)8-3-2-4-12-5-8;3-2(4,5)1-6;/h2-3,6-8H,4-5H2,1H3;2-6H,1H3;1,6H2;1H. The molecule has 0 aromatic carbocycles. The van der Waals surface area contributed by atoms with Crippen LogP contribution in [0.1, 0.15) is 44.9 Å². The van der Waals surface area contributed by atoms with E-state index in [0.29, 0.717) is 16.9 Å². The van der Waals surface area contributed by atoms with Crippen molar-refractivity contribution >= 4 is 22.6 Å². The van der Waals surface area contributed by atoms with Crippen LogP contribution in [0.4, 0.5) is 26.3 Å². The highest BCUT2D eigenvalue weighted by Crippen LogP contribution is 2.23. The normalized spacial score (nSPS) is 10.9. The van der Waals surface area contributed by atoms with E-state index in [9.17, 15) is 35.9 Å². The smallest absolute Gasteiger partial charge is 0.400 e. The average molecular weight is 640 g/mol. The summed E-state index contributed by atoms with van der Waals surface area (Å²) in [7, 11) is 0. The van der Waals surface area contributed by atoms with Gasteiger partial charge >= 0.3 is 12.4 Å². The quantitative estimate of drug-likeness (QED) is 0.144. The Morgan fingerprint density at radius 1 is 1.00 bits per heavy atom. The Labute approximate surface area is 247 Å². The third-order valence-electron chi connectivity index (χ3n) is 5.06. The number of nitrogens with two attached hydrogens (primary N) is 1. The van der Waals surface area contributed by atoms with E-state index in [-0.39, 0.29) is 18.0 Å². The summed E-state index contributed by atoms with van der Waals surface area (Å²) in [4.78, 5) is 30.7. The van der Waals surface area contributed by atoms with Crippen molar-refractivity contribution in [3.8, 4) is 11.4 Å². The van der Waals surface area contributed by atoms with E-state index < -0.39 is 42.8 Å². The van der Waals surface area contributed by atoms with Crippen LogP contribution < -0.4 is 22.8 Å². The number of aromatic nitrogens is 6. The fraction of sp³-hybridized carbons (Fsp3) is 0.280. The number of aromatic amines is 1. The zero-order valence-electron chi connectivity index (χ0n) is 22.0. The molecule has 3 N–H and O–H groups in total. The van der Waals surface area contributed by atoms with Crippen molar-refractivity contribution in [1.82, 2.24) is 24.8 Å². The Bertz CT molecular complexity index is 1430. The van der Waals surface area contributed by atoms with Gasteiger partial charge in [0.2, 0.25) is 6.20 Å². The number of carbonyl (C=O) groups is 2. The highest BCUT2D eigenvalue weighted by atomic mass is 35.5. The second kappa shape index (κ2) is 16.0. The molecule has 4 heterocycles. The van der Waals surface area contributed by atoms with Crippen LogP contribution in [0.3, 0.4) is 0 Å². The summed E-state index contributed by atoms with van der Waals surface area (Å²) in [5.74, 6) is -0.560. The minimum atomic E-state index is -4.33. The maximum Gasteiger partial charge on any atom is 0.400 e. The van der Waals surface area contributed by atoms with Crippen molar-refractivity contribution < 1.29 is 53.0 Å². The minimum Gasteiger partial charge on any atom is -1.00 e. The maximum absolute atomic E-state index is 12.1. The fourth-order valence-electron chi connectivity index (χ4n) is 3.08. The molecule has 0 spiro atoms. The molecule has 228 valence electrons. The topological polar surface area (TPSA) is 123 Å². The molecule has 4 aromatic heterocycles. The first kappa shape index (κ1) is 36.2. The average Bonchev–Trinajstić information content (AvgIpc) is 3.51.